The molecular formula is C6H9N2NaO9. The fraction of sp³-hybridized carbons (Fsp3) is 0.333. The zero-order chi connectivity index (χ0) is 13.1. The second-order valence-electron chi connectivity index (χ2n) is 2.10. The van der Waals surface area contributed by atoms with E-state index < -0.39 is 21.9 Å². The van der Waals surface area contributed by atoms with E-state index in [4.69, 9.17) is 0 Å². The first-order valence-corrected chi connectivity index (χ1v) is 3.52. The predicted molar refractivity (Wildman–Crippen MR) is 56.6 cm³/mol. The molecule has 2 N–H and O–H groups in total. The van der Waals surface area contributed by atoms with E-state index >= 15 is 0 Å². The first-order chi connectivity index (χ1) is 7.44. The summed E-state index contributed by atoms with van der Waals surface area (Å²) in [5.74, 6) is 0. The molecule has 0 atom stereocenters. The Hall–Kier alpha value is -1.56. The molecule has 0 amide bonds. The van der Waals surface area contributed by atoms with E-state index in [-0.39, 0.29) is 60.2 Å². The van der Waals surface area contributed by atoms with Crippen LogP contribution in [0.5, 0.6) is 0 Å². The summed E-state index contributed by atoms with van der Waals surface area (Å²) in [6.07, 6.45) is -0.0833. The van der Waals surface area contributed by atoms with Crippen molar-refractivity contribution in [3.8, 4) is 0 Å². The standard InChI is InChI=1S/2C3H3NO4.Na.H2O.H/c2*5-1-3(2-6)4(7)8;;;/h2*1-3H;;1H2;. The number of hydrogen-bond acceptors (Lipinski definition) is 8. The maximum atomic E-state index is 9.50. The third-order valence-corrected chi connectivity index (χ3v) is 1.04. The average molecular weight is 276 g/mol. The Bertz CT molecular complexity index is 261. The van der Waals surface area contributed by atoms with Crippen LogP contribution in [0.3, 0.4) is 0 Å². The van der Waals surface area contributed by atoms with E-state index in [0.717, 1.165) is 0 Å². The molecule has 18 heavy (non-hydrogen) atoms. The summed E-state index contributed by atoms with van der Waals surface area (Å²) in [4.78, 5) is 55.1. The Morgan fingerprint density at radius 2 is 0.889 bits per heavy atom. The minimum atomic E-state index is -1.69. The van der Waals surface area contributed by atoms with Gasteiger partial charge in [-0.1, -0.05) is 0 Å². The van der Waals surface area contributed by atoms with E-state index in [2.05, 4.69) is 0 Å². The number of aldehydes is 4. The van der Waals surface area contributed by atoms with Crippen molar-refractivity contribution >= 4 is 54.7 Å². The zero-order valence-corrected chi connectivity index (χ0v) is 8.12. The van der Waals surface area contributed by atoms with Crippen molar-refractivity contribution in [3.05, 3.63) is 20.2 Å². The van der Waals surface area contributed by atoms with Crippen molar-refractivity contribution in [1.82, 2.24) is 0 Å². The summed E-state index contributed by atoms with van der Waals surface area (Å²) >= 11 is 0. The molecule has 0 radical (unpaired) electrons. The molecule has 0 heterocycles. The molecule has 0 aliphatic rings. The molecule has 0 rings (SSSR count). The molecule has 0 aliphatic heterocycles. The quantitative estimate of drug-likeness (QED) is 0.157. The molecule has 0 saturated heterocycles. The SMILES string of the molecule is O.O=CC(C=O)[N+](=O)[O-].O=CC(C=O)[N+](=O)[O-].[NaH]. The predicted octanol–water partition coefficient (Wildman–Crippen LogP) is -3.41. The van der Waals surface area contributed by atoms with Gasteiger partial charge in [0.25, 0.3) is 0 Å². The first-order valence-electron chi connectivity index (χ1n) is 3.52. The molecule has 0 bridgehead atoms. The molecule has 0 spiro atoms. The van der Waals surface area contributed by atoms with Gasteiger partial charge in [0.1, 0.15) is 0 Å². The minimum absolute atomic E-state index is 0. The second kappa shape index (κ2) is 15.4. The van der Waals surface area contributed by atoms with E-state index in [9.17, 15) is 39.4 Å². The van der Waals surface area contributed by atoms with Crippen LogP contribution in [0, 0.1) is 20.2 Å². The third-order valence-electron chi connectivity index (χ3n) is 1.04. The molecule has 11 nitrogen and oxygen atoms in total. The van der Waals surface area contributed by atoms with Gasteiger partial charge in [-0.15, -0.1) is 0 Å². The summed E-state index contributed by atoms with van der Waals surface area (Å²) in [7, 11) is 0. The maximum absolute atomic E-state index is 9.50. The van der Waals surface area contributed by atoms with Crippen LogP contribution >= 0.6 is 0 Å². The van der Waals surface area contributed by atoms with Crippen LogP contribution in [0.1, 0.15) is 0 Å². The van der Waals surface area contributed by atoms with Gasteiger partial charge in [-0.3, -0.25) is 39.4 Å². The van der Waals surface area contributed by atoms with Crippen LogP contribution in [-0.2, 0) is 19.2 Å². The van der Waals surface area contributed by atoms with Crippen molar-refractivity contribution in [1.29, 1.82) is 0 Å². The van der Waals surface area contributed by atoms with Crippen molar-refractivity contribution in [2.75, 3.05) is 0 Å². The molecule has 12 heteroatoms. The van der Waals surface area contributed by atoms with Crippen LogP contribution < -0.4 is 0 Å². The number of carbonyl (C=O) groups is 4. The molecular weight excluding hydrogens is 267 g/mol. The van der Waals surface area contributed by atoms with Gasteiger partial charge in [0, 0.05) is 9.85 Å². The van der Waals surface area contributed by atoms with Crippen molar-refractivity contribution in [3.63, 3.8) is 0 Å². The third kappa shape index (κ3) is 12.5. The van der Waals surface area contributed by atoms with Gasteiger partial charge in [0.05, 0.1) is 0 Å². The Kier molecular flexibility index (Phi) is 21.7. The van der Waals surface area contributed by atoms with Gasteiger partial charge in [-0.2, -0.15) is 0 Å². The molecule has 98 valence electrons. The van der Waals surface area contributed by atoms with Crippen molar-refractivity contribution < 1.29 is 34.5 Å². The summed E-state index contributed by atoms with van der Waals surface area (Å²) in [6.45, 7) is 0. The van der Waals surface area contributed by atoms with Gasteiger partial charge in [-0.05, 0) is 0 Å². The number of nitro groups is 2. The van der Waals surface area contributed by atoms with Crippen molar-refractivity contribution in [2.24, 2.45) is 0 Å². The molecule has 0 aliphatic carbocycles. The van der Waals surface area contributed by atoms with E-state index in [1.807, 2.05) is 0 Å². The van der Waals surface area contributed by atoms with Gasteiger partial charge in [0.2, 0.25) is 25.1 Å². The summed E-state index contributed by atoms with van der Waals surface area (Å²) in [5.41, 5.74) is 0. The summed E-state index contributed by atoms with van der Waals surface area (Å²) < 4.78 is 0. The van der Waals surface area contributed by atoms with Gasteiger partial charge >= 0.3 is 41.6 Å². The molecule has 0 saturated carbocycles. The fourth-order valence-corrected chi connectivity index (χ4v) is 0.263. The van der Waals surface area contributed by atoms with Gasteiger partial charge < -0.3 is 5.48 Å². The summed E-state index contributed by atoms with van der Waals surface area (Å²) in [5, 5.41) is 19.0. The normalized spacial score (nSPS) is 7.67. The van der Waals surface area contributed by atoms with Crippen LogP contribution in [0.25, 0.3) is 0 Å². The van der Waals surface area contributed by atoms with Gasteiger partial charge in [-0.25, -0.2) is 0 Å². The van der Waals surface area contributed by atoms with Crippen LogP contribution in [-0.4, -0.2) is 82.1 Å². The van der Waals surface area contributed by atoms with E-state index in [1.165, 1.54) is 0 Å². The van der Waals surface area contributed by atoms with E-state index in [0.29, 0.717) is 0 Å². The molecule has 0 fully saturated rings. The van der Waals surface area contributed by atoms with Crippen molar-refractivity contribution in [2.45, 2.75) is 12.1 Å². The topological polar surface area (TPSA) is 186 Å². The Morgan fingerprint density at radius 1 is 0.722 bits per heavy atom. The number of carbonyl (C=O) groups excluding carboxylic acids is 4. The molecule has 0 unspecified atom stereocenters. The number of rotatable bonds is 6. The monoisotopic (exact) mass is 276 g/mol. The summed E-state index contributed by atoms with van der Waals surface area (Å²) in [6, 6.07) is -3.37. The average Bonchev–Trinajstić information content (AvgIpc) is 2.21. The first kappa shape index (κ1) is 25.3. The Labute approximate surface area is 121 Å². The Morgan fingerprint density at radius 3 is 0.889 bits per heavy atom. The second-order valence-corrected chi connectivity index (χ2v) is 2.10. The number of nitrogens with zero attached hydrogens (tertiary/aromatic N) is 2. The Balaban J connectivity index is -0.0000000980. The van der Waals surface area contributed by atoms with Crippen LogP contribution in [0.15, 0.2) is 0 Å². The molecule has 0 aromatic rings. The number of hydrogen-bond donors (Lipinski definition) is 0. The van der Waals surface area contributed by atoms with Crippen LogP contribution in [0.4, 0.5) is 0 Å². The zero-order valence-electron chi connectivity index (χ0n) is 8.12. The van der Waals surface area contributed by atoms with Gasteiger partial charge in [0.15, 0.2) is 0 Å². The fourth-order valence-electron chi connectivity index (χ4n) is 0.263. The molecule has 0 aromatic heterocycles. The van der Waals surface area contributed by atoms with Crippen LogP contribution in [0.2, 0.25) is 0 Å². The van der Waals surface area contributed by atoms with E-state index in [1.54, 1.807) is 0 Å². The molecule has 0 aromatic carbocycles.